The van der Waals surface area contributed by atoms with Gasteiger partial charge in [0, 0.05) is 5.39 Å². The van der Waals surface area contributed by atoms with Gasteiger partial charge in [0.2, 0.25) is 0 Å². The molecule has 0 heterocycles. The van der Waals surface area contributed by atoms with E-state index in [1.807, 2.05) is 0 Å². The van der Waals surface area contributed by atoms with Crippen molar-refractivity contribution in [1.29, 1.82) is 0 Å². The summed E-state index contributed by atoms with van der Waals surface area (Å²) in [6.45, 7) is 0. The highest BCUT2D eigenvalue weighted by Gasteiger charge is 2.23. The Kier molecular flexibility index (Phi) is 5.23. The Bertz CT molecular complexity index is 1370. The third kappa shape index (κ3) is 4.16. The maximum Gasteiger partial charge on any atom is 0.298 e. The largest absolute Gasteiger partial charge is 0.506 e. The van der Waals surface area contributed by atoms with Crippen molar-refractivity contribution < 1.29 is 36.2 Å². The van der Waals surface area contributed by atoms with Crippen molar-refractivity contribution in [3.8, 4) is 11.5 Å². The summed E-state index contributed by atoms with van der Waals surface area (Å²) in [7, 11) is -9.55. The zero-order valence-electron chi connectivity index (χ0n) is 14.1. The summed E-state index contributed by atoms with van der Waals surface area (Å²) >= 11 is 5.92. The van der Waals surface area contributed by atoms with E-state index in [9.17, 15) is 36.2 Å². The highest BCUT2D eigenvalue weighted by atomic mass is 35.5. The van der Waals surface area contributed by atoms with Gasteiger partial charge in [-0.2, -0.15) is 16.8 Å². The number of azo groups is 1. The highest BCUT2D eigenvalue weighted by Crippen LogP contribution is 2.43. The van der Waals surface area contributed by atoms with Gasteiger partial charge in [-0.1, -0.05) is 23.7 Å². The first-order valence-electron chi connectivity index (χ1n) is 7.53. The molecule has 0 unspecified atom stereocenters. The second kappa shape index (κ2) is 7.24. The molecule has 0 bridgehead atoms. The van der Waals surface area contributed by atoms with Crippen LogP contribution in [0.2, 0.25) is 5.02 Å². The van der Waals surface area contributed by atoms with Crippen LogP contribution >= 0.6 is 11.6 Å². The zero-order chi connectivity index (χ0) is 21.6. The van der Waals surface area contributed by atoms with Crippen LogP contribution in [0.1, 0.15) is 0 Å². The van der Waals surface area contributed by atoms with E-state index < -0.39 is 41.5 Å². The summed E-state index contributed by atoms with van der Waals surface area (Å²) < 4.78 is 64.5. The minimum atomic E-state index is -4.93. The highest BCUT2D eigenvalue weighted by molar-refractivity contribution is 7.86. The molecule has 0 aliphatic rings. The molecule has 0 aliphatic heterocycles. The Morgan fingerprint density at radius 3 is 2.07 bits per heavy atom. The molecule has 3 aromatic rings. The molecule has 29 heavy (non-hydrogen) atoms. The molecule has 0 saturated heterocycles. The fourth-order valence-electron chi connectivity index (χ4n) is 2.49. The molecule has 0 fully saturated rings. The fourth-order valence-corrected chi connectivity index (χ4v) is 3.83. The molecule has 0 atom stereocenters. The maximum atomic E-state index is 11.6. The Morgan fingerprint density at radius 1 is 0.828 bits per heavy atom. The fraction of sp³-hybridized carbons (Fsp3) is 0. The molecule has 10 nitrogen and oxygen atoms in total. The van der Waals surface area contributed by atoms with Crippen LogP contribution in [0.4, 0.5) is 11.4 Å². The molecule has 13 heteroatoms. The Balaban J connectivity index is 2.35. The number of phenolic OH excluding ortho intramolecular Hbond substituents is 2. The van der Waals surface area contributed by atoms with Crippen LogP contribution in [-0.4, -0.2) is 36.2 Å². The standard InChI is InChI=1S/C16H11ClN2O8S2/c17-11-2-1-3-12(20)15(11)19-18-14-10-5-4-9(28(22,23)24)6-8(10)7-13(16(14)21)29(25,26)27/h1-7,20-21H,(H,22,23,24)(H,25,26,27). The molecule has 0 aromatic heterocycles. The van der Waals surface area contributed by atoms with Gasteiger partial charge in [-0.15, -0.1) is 10.2 Å². The lowest BCUT2D eigenvalue weighted by Crippen LogP contribution is -2.00. The van der Waals surface area contributed by atoms with Crippen LogP contribution < -0.4 is 0 Å². The lowest BCUT2D eigenvalue weighted by molar-refractivity contribution is 0.445. The molecule has 3 aromatic carbocycles. The van der Waals surface area contributed by atoms with Crippen molar-refractivity contribution in [1.82, 2.24) is 0 Å². The molecule has 0 aliphatic carbocycles. The molecule has 3 rings (SSSR count). The third-order valence-electron chi connectivity index (χ3n) is 3.81. The van der Waals surface area contributed by atoms with E-state index in [1.165, 1.54) is 18.2 Å². The van der Waals surface area contributed by atoms with Crippen molar-refractivity contribution in [2.24, 2.45) is 10.2 Å². The lowest BCUT2D eigenvalue weighted by Gasteiger charge is -2.10. The summed E-state index contributed by atoms with van der Waals surface area (Å²) in [6.07, 6.45) is 0. The van der Waals surface area contributed by atoms with Crippen molar-refractivity contribution >= 4 is 54.0 Å². The smallest absolute Gasteiger partial charge is 0.298 e. The van der Waals surface area contributed by atoms with Gasteiger partial charge in [0.05, 0.1) is 9.92 Å². The number of hydrogen-bond donors (Lipinski definition) is 4. The monoisotopic (exact) mass is 458 g/mol. The summed E-state index contributed by atoms with van der Waals surface area (Å²) in [6, 6.07) is 7.99. The summed E-state index contributed by atoms with van der Waals surface area (Å²) in [5, 5.41) is 27.6. The summed E-state index contributed by atoms with van der Waals surface area (Å²) in [5.74, 6) is -1.31. The van der Waals surface area contributed by atoms with Crippen molar-refractivity contribution in [2.75, 3.05) is 0 Å². The van der Waals surface area contributed by atoms with Crippen molar-refractivity contribution in [2.45, 2.75) is 9.79 Å². The molecule has 4 N–H and O–H groups in total. The second-order valence-electron chi connectivity index (χ2n) is 5.71. The van der Waals surface area contributed by atoms with Crippen molar-refractivity contribution in [3.63, 3.8) is 0 Å². The van der Waals surface area contributed by atoms with Gasteiger partial charge in [0.15, 0.2) is 5.75 Å². The Hall–Kier alpha value is -2.77. The minimum absolute atomic E-state index is 0.0112. The normalized spacial score (nSPS) is 12.7. The average Bonchev–Trinajstić information content (AvgIpc) is 2.60. The number of hydrogen-bond acceptors (Lipinski definition) is 8. The quantitative estimate of drug-likeness (QED) is 0.337. The average molecular weight is 459 g/mol. The predicted octanol–water partition coefficient (Wildman–Crippen LogP) is 3.81. The topological polar surface area (TPSA) is 174 Å². The predicted molar refractivity (Wildman–Crippen MR) is 103 cm³/mol. The van der Waals surface area contributed by atoms with E-state index in [0.29, 0.717) is 0 Å². The molecular weight excluding hydrogens is 448 g/mol. The summed E-state index contributed by atoms with van der Waals surface area (Å²) in [5.41, 5.74) is -0.620. The van der Waals surface area contributed by atoms with Crippen LogP contribution in [0.15, 0.2) is 62.5 Å². The van der Waals surface area contributed by atoms with Crippen molar-refractivity contribution in [3.05, 3.63) is 47.5 Å². The second-order valence-corrected chi connectivity index (χ2v) is 8.93. The SMILES string of the molecule is O=S(=O)(O)c1ccc2c(N=Nc3c(O)cccc3Cl)c(O)c(S(=O)(=O)O)cc2c1. The Morgan fingerprint density at radius 2 is 1.48 bits per heavy atom. The summed E-state index contributed by atoms with van der Waals surface area (Å²) in [4.78, 5) is -1.52. The number of phenols is 2. The van der Waals surface area contributed by atoms with Crippen LogP contribution in [0.5, 0.6) is 11.5 Å². The molecule has 152 valence electrons. The van der Waals surface area contributed by atoms with Crippen LogP contribution in [0.25, 0.3) is 10.8 Å². The van der Waals surface area contributed by atoms with E-state index in [0.717, 1.165) is 24.3 Å². The number of halogens is 1. The maximum absolute atomic E-state index is 11.6. The van der Waals surface area contributed by atoms with Gasteiger partial charge in [0.25, 0.3) is 20.2 Å². The van der Waals surface area contributed by atoms with Gasteiger partial charge in [-0.05, 0) is 35.7 Å². The molecule has 0 amide bonds. The molecule has 0 radical (unpaired) electrons. The van der Waals surface area contributed by atoms with Crippen LogP contribution in [-0.2, 0) is 20.2 Å². The zero-order valence-corrected chi connectivity index (χ0v) is 16.4. The Labute approximate surface area is 169 Å². The first-order valence-corrected chi connectivity index (χ1v) is 10.8. The number of rotatable bonds is 4. The molecular formula is C16H11ClN2O8S2. The minimum Gasteiger partial charge on any atom is -0.506 e. The number of fused-ring (bicyclic) bond motifs is 1. The van der Waals surface area contributed by atoms with E-state index in [2.05, 4.69) is 10.2 Å². The first-order chi connectivity index (χ1) is 13.4. The number of aromatic hydroxyl groups is 2. The van der Waals surface area contributed by atoms with E-state index >= 15 is 0 Å². The lowest BCUT2D eigenvalue weighted by atomic mass is 10.1. The van der Waals surface area contributed by atoms with E-state index in [4.69, 9.17) is 11.6 Å². The number of nitrogens with zero attached hydrogens (tertiary/aromatic N) is 2. The van der Waals surface area contributed by atoms with Gasteiger partial charge >= 0.3 is 0 Å². The van der Waals surface area contributed by atoms with Gasteiger partial charge < -0.3 is 10.2 Å². The van der Waals surface area contributed by atoms with Gasteiger partial charge in [0.1, 0.15) is 22.0 Å². The third-order valence-corrected chi connectivity index (χ3v) is 5.84. The first kappa shape index (κ1) is 21.0. The van der Waals surface area contributed by atoms with Crippen LogP contribution in [0.3, 0.4) is 0 Å². The number of benzene rings is 3. The molecule has 0 saturated carbocycles. The van der Waals surface area contributed by atoms with Gasteiger partial charge in [-0.3, -0.25) is 9.11 Å². The van der Waals surface area contributed by atoms with E-state index in [1.54, 1.807) is 0 Å². The van der Waals surface area contributed by atoms with E-state index in [-0.39, 0.29) is 27.2 Å². The molecule has 0 spiro atoms. The van der Waals surface area contributed by atoms with Gasteiger partial charge in [-0.25, -0.2) is 0 Å². The van der Waals surface area contributed by atoms with Crippen LogP contribution in [0, 0.1) is 0 Å².